The Labute approximate surface area is 173 Å². The van der Waals surface area contributed by atoms with Crippen LogP contribution in [0.5, 0.6) is 5.75 Å². The van der Waals surface area contributed by atoms with E-state index in [9.17, 15) is 4.79 Å². The predicted molar refractivity (Wildman–Crippen MR) is 112 cm³/mol. The molecule has 0 bridgehead atoms. The van der Waals surface area contributed by atoms with Crippen LogP contribution in [0.4, 0.5) is 5.95 Å². The average molecular weight is 417 g/mol. The number of thioether (sulfide) groups is 1. The van der Waals surface area contributed by atoms with E-state index in [0.29, 0.717) is 18.2 Å². The first-order chi connectivity index (χ1) is 13.6. The summed E-state index contributed by atoms with van der Waals surface area (Å²) in [7, 11) is 1.61. The zero-order valence-corrected chi connectivity index (χ0v) is 17.3. The Morgan fingerprint density at radius 1 is 1.18 bits per heavy atom. The average Bonchev–Trinajstić information content (AvgIpc) is 3.09. The molecule has 146 valence electrons. The lowest BCUT2D eigenvalue weighted by atomic mass is 10.1. The van der Waals surface area contributed by atoms with Gasteiger partial charge in [0.2, 0.25) is 11.9 Å². The number of carbonyl (C=O) groups is 1. The van der Waals surface area contributed by atoms with Crippen molar-refractivity contribution in [2.75, 3.05) is 12.4 Å². The Kier molecular flexibility index (Phi) is 6.95. The second-order valence-electron chi connectivity index (χ2n) is 6.00. The van der Waals surface area contributed by atoms with Gasteiger partial charge in [-0.3, -0.25) is 14.7 Å². The molecule has 8 heteroatoms. The highest BCUT2D eigenvalue weighted by Gasteiger charge is 2.15. The summed E-state index contributed by atoms with van der Waals surface area (Å²) in [5, 5.41) is 12.7. The van der Waals surface area contributed by atoms with Gasteiger partial charge in [0.25, 0.3) is 0 Å². The fraction of sp³-hybridized carbons (Fsp3) is 0.250. The van der Waals surface area contributed by atoms with E-state index in [1.165, 1.54) is 11.8 Å². The molecule has 0 fully saturated rings. The van der Waals surface area contributed by atoms with E-state index in [1.54, 1.807) is 7.11 Å². The van der Waals surface area contributed by atoms with Gasteiger partial charge in [-0.1, -0.05) is 53.7 Å². The van der Waals surface area contributed by atoms with Crippen molar-refractivity contribution in [2.45, 2.75) is 30.8 Å². The van der Waals surface area contributed by atoms with E-state index < -0.39 is 0 Å². The number of carbonyl (C=O) groups excluding carboxylic acids is 1. The van der Waals surface area contributed by atoms with E-state index in [-0.39, 0.29) is 12.3 Å². The third-order valence-electron chi connectivity index (χ3n) is 4.12. The van der Waals surface area contributed by atoms with Gasteiger partial charge in [-0.2, -0.15) is 0 Å². The summed E-state index contributed by atoms with van der Waals surface area (Å²) in [6.07, 6.45) is 0.253. The second-order valence-corrected chi connectivity index (χ2v) is 7.35. The number of benzene rings is 2. The third kappa shape index (κ3) is 5.05. The largest absolute Gasteiger partial charge is 0.497 e. The van der Waals surface area contributed by atoms with E-state index >= 15 is 0 Å². The van der Waals surface area contributed by atoms with Gasteiger partial charge in [0.15, 0.2) is 5.16 Å². The first-order valence-corrected chi connectivity index (χ1v) is 10.2. The lowest BCUT2D eigenvalue weighted by Gasteiger charge is -2.09. The van der Waals surface area contributed by atoms with Gasteiger partial charge in [-0.15, -0.1) is 10.2 Å². The molecule has 0 spiro atoms. The Hall–Kier alpha value is -2.51. The first-order valence-electron chi connectivity index (χ1n) is 8.83. The zero-order valence-electron chi connectivity index (χ0n) is 15.7. The summed E-state index contributed by atoms with van der Waals surface area (Å²) in [5.41, 5.74) is 1.93. The van der Waals surface area contributed by atoms with Gasteiger partial charge in [0.1, 0.15) is 5.75 Å². The Bertz CT molecular complexity index is 944. The molecule has 1 aromatic heterocycles. The lowest BCUT2D eigenvalue weighted by molar-refractivity contribution is -0.115. The molecule has 1 N–H and O–H groups in total. The SMILES string of the molecule is CCn1c(NC(=O)Cc2ccc(OC)cc2)nnc1SCc1ccccc1Cl. The molecule has 1 amide bonds. The summed E-state index contributed by atoms with van der Waals surface area (Å²) in [4.78, 5) is 12.4. The fourth-order valence-electron chi connectivity index (χ4n) is 2.63. The Morgan fingerprint density at radius 2 is 1.93 bits per heavy atom. The van der Waals surface area contributed by atoms with Crippen LogP contribution in [0, 0.1) is 0 Å². The van der Waals surface area contributed by atoms with Crippen LogP contribution in [0.2, 0.25) is 5.02 Å². The minimum Gasteiger partial charge on any atom is -0.497 e. The monoisotopic (exact) mass is 416 g/mol. The van der Waals surface area contributed by atoms with E-state index in [4.69, 9.17) is 16.3 Å². The molecule has 0 saturated carbocycles. The van der Waals surface area contributed by atoms with Crippen LogP contribution in [-0.4, -0.2) is 27.8 Å². The van der Waals surface area contributed by atoms with Crippen molar-refractivity contribution < 1.29 is 9.53 Å². The van der Waals surface area contributed by atoms with Crippen LogP contribution in [0.1, 0.15) is 18.1 Å². The summed E-state index contributed by atoms with van der Waals surface area (Å²) < 4.78 is 7.01. The van der Waals surface area contributed by atoms with Crippen molar-refractivity contribution in [1.82, 2.24) is 14.8 Å². The maximum absolute atomic E-state index is 12.4. The van der Waals surface area contributed by atoms with Crippen LogP contribution >= 0.6 is 23.4 Å². The first kappa shape index (κ1) is 20.2. The summed E-state index contributed by atoms with van der Waals surface area (Å²) in [6, 6.07) is 15.1. The maximum Gasteiger partial charge on any atom is 0.231 e. The molecule has 2 aromatic carbocycles. The van der Waals surface area contributed by atoms with Crippen molar-refractivity contribution in [3.8, 4) is 5.75 Å². The van der Waals surface area contributed by atoms with E-state index in [2.05, 4.69) is 15.5 Å². The minimum absolute atomic E-state index is 0.144. The molecule has 28 heavy (non-hydrogen) atoms. The van der Waals surface area contributed by atoms with Crippen LogP contribution in [-0.2, 0) is 23.5 Å². The van der Waals surface area contributed by atoms with Gasteiger partial charge in [-0.05, 0) is 36.2 Å². The molecular formula is C20H21ClN4O2S. The quantitative estimate of drug-likeness (QED) is 0.550. The molecular weight excluding hydrogens is 396 g/mol. The summed E-state index contributed by atoms with van der Waals surface area (Å²) in [5.74, 6) is 1.74. The van der Waals surface area contributed by atoms with Gasteiger partial charge in [0, 0.05) is 17.3 Å². The fourth-order valence-corrected chi connectivity index (χ4v) is 3.92. The Balaban J connectivity index is 1.64. The number of ether oxygens (including phenoxy) is 1. The number of methoxy groups -OCH3 is 1. The van der Waals surface area contributed by atoms with Crippen molar-refractivity contribution in [2.24, 2.45) is 0 Å². The van der Waals surface area contributed by atoms with Gasteiger partial charge >= 0.3 is 0 Å². The van der Waals surface area contributed by atoms with Crippen molar-refractivity contribution in [1.29, 1.82) is 0 Å². The normalized spacial score (nSPS) is 10.7. The molecule has 0 radical (unpaired) electrons. The van der Waals surface area contributed by atoms with Crippen LogP contribution in [0.15, 0.2) is 53.7 Å². The third-order valence-corrected chi connectivity index (χ3v) is 5.51. The number of rotatable bonds is 8. The topological polar surface area (TPSA) is 69.0 Å². The molecule has 0 aliphatic rings. The number of nitrogens with one attached hydrogen (secondary N) is 1. The number of hydrogen-bond acceptors (Lipinski definition) is 5. The Morgan fingerprint density at radius 3 is 2.61 bits per heavy atom. The molecule has 1 heterocycles. The molecule has 0 atom stereocenters. The number of halogens is 1. The summed E-state index contributed by atoms with van der Waals surface area (Å²) in [6.45, 7) is 2.64. The van der Waals surface area contributed by atoms with Crippen molar-refractivity contribution in [3.63, 3.8) is 0 Å². The maximum atomic E-state index is 12.4. The molecule has 0 aliphatic heterocycles. The molecule has 6 nitrogen and oxygen atoms in total. The number of nitrogens with zero attached hydrogens (tertiary/aromatic N) is 3. The standard InChI is InChI=1S/C20H21ClN4O2S/c1-3-25-19(22-18(26)12-14-8-10-16(27-2)11-9-14)23-24-20(25)28-13-15-6-4-5-7-17(15)21/h4-11H,3,12-13H2,1-2H3,(H,22,23,26). The van der Waals surface area contributed by atoms with E-state index in [0.717, 1.165) is 27.1 Å². The van der Waals surface area contributed by atoms with Crippen molar-refractivity contribution in [3.05, 3.63) is 64.7 Å². The second kappa shape index (κ2) is 9.61. The molecule has 0 saturated heterocycles. The number of amides is 1. The lowest BCUT2D eigenvalue weighted by Crippen LogP contribution is -2.18. The van der Waals surface area contributed by atoms with Crippen LogP contribution in [0.3, 0.4) is 0 Å². The molecule has 3 rings (SSSR count). The highest BCUT2D eigenvalue weighted by molar-refractivity contribution is 7.98. The number of hydrogen-bond donors (Lipinski definition) is 1. The van der Waals surface area contributed by atoms with Crippen LogP contribution < -0.4 is 10.1 Å². The minimum atomic E-state index is -0.144. The van der Waals surface area contributed by atoms with Crippen molar-refractivity contribution >= 4 is 35.2 Å². The van der Waals surface area contributed by atoms with E-state index in [1.807, 2.05) is 60.0 Å². The predicted octanol–water partition coefficient (Wildman–Crippen LogP) is 4.43. The number of anilines is 1. The highest BCUT2D eigenvalue weighted by Crippen LogP contribution is 2.27. The zero-order chi connectivity index (χ0) is 19.9. The number of aromatic nitrogens is 3. The van der Waals surface area contributed by atoms with Gasteiger partial charge in [-0.25, -0.2) is 0 Å². The molecule has 0 unspecified atom stereocenters. The summed E-state index contributed by atoms with van der Waals surface area (Å²) >= 11 is 7.75. The molecule has 0 aliphatic carbocycles. The molecule has 3 aromatic rings. The highest BCUT2D eigenvalue weighted by atomic mass is 35.5. The van der Waals surface area contributed by atoms with Crippen LogP contribution in [0.25, 0.3) is 0 Å². The van der Waals surface area contributed by atoms with Gasteiger partial charge in [0.05, 0.1) is 13.5 Å². The van der Waals surface area contributed by atoms with Gasteiger partial charge < -0.3 is 4.74 Å². The smallest absolute Gasteiger partial charge is 0.231 e.